The first kappa shape index (κ1) is 14.0. The van der Waals surface area contributed by atoms with Crippen LogP contribution in [0.5, 0.6) is 0 Å². The highest BCUT2D eigenvalue weighted by Gasteiger charge is 2.13. The molecule has 24 heavy (non-hydrogen) atoms. The molecule has 0 amide bonds. The molecule has 2 aromatic heterocycles. The van der Waals surface area contributed by atoms with E-state index in [0.717, 1.165) is 43.5 Å². The van der Waals surface area contributed by atoms with Crippen LogP contribution in [-0.2, 0) is 0 Å². The molecule has 0 fully saturated rings. The second-order valence-corrected chi connectivity index (χ2v) is 6.61. The van der Waals surface area contributed by atoms with Crippen molar-refractivity contribution in [2.75, 3.05) is 0 Å². The van der Waals surface area contributed by atoms with Crippen LogP contribution < -0.4 is 0 Å². The van der Waals surface area contributed by atoms with Crippen molar-refractivity contribution in [3.8, 4) is 0 Å². The highest BCUT2D eigenvalue weighted by atomic mass is 35.5. The van der Waals surface area contributed by atoms with Crippen LogP contribution in [0, 0.1) is 0 Å². The van der Waals surface area contributed by atoms with Crippen LogP contribution in [0.25, 0.3) is 43.5 Å². The van der Waals surface area contributed by atoms with Gasteiger partial charge in [0.15, 0.2) is 0 Å². The van der Waals surface area contributed by atoms with Gasteiger partial charge in [0.2, 0.25) is 0 Å². The summed E-state index contributed by atoms with van der Waals surface area (Å²) >= 11 is 12.8. The summed E-state index contributed by atoms with van der Waals surface area (Å²) < 4.78 is 0. The van der Waals surface area contributed by atoms with E-state index in [2.05, 4.69) is 23.2 Å². The van der Waals surface area contributed by atoms with Gasteiger partial charge in [-0.1, -0.05) is 59.6 Å². The van der Waals surface area contributed by atoms with Crippen molar-refractivity contribution >= 4 is 66.7 Å². The standard InChI is InChI=1S/C20H10Cl2N2/c21-12-6-8-14-17(9-12)23-10-16-18(22)15-7-5-11-3-1-2-4-13(11)19(15)24-20(14)16/h1-10H. The highest BCUT2D eigenvalue weighted by molar-refractivity contribution is 6.41. The Kier molecular flexibility index (Phi) is 2.93. The molecule has 4 heteroatoms. The minimum atomic E-state index is 0.659. The zero-order valence-electron chi connectivity index (χ0n) is 12.4. The predicted octanol–water partition coefficient (Wildman–Crippen LogP) is 6.40. The molecule has 0 N–H and O–H groups in total. The number of aromatic nitrogens is 2. The van der Waals surface area contributed by atoms with E-state index < -0.39 is 0 Å². The van der Waals surface area contributed by atoms with Crippen LogP contribution in [0.3, 0.4) is 0 Å². The molecule has 0 spiro atoms. The Bertz CT molecular complexity index is 1280. The molecule has 0 aliphatic rings. The SMILES string of the molecule is Clc1ccc2c(c1)ncc1c(Cl)c3ccc4ccccc4c3nc12. The molecular formula is C20H10Cl2N2. The molecule has 0 atom stereocenters. The minimum absolute atomic E-state index is 0.659. The molecule has 2 heterocycles. The lowest BCUT2D eigenvalue weighted by Crippen LogP contribution is -1.90. The quantitative estimate of drug-likeness (QED) is 0.239. The summed E-state index contributed by atoms with van der Waals surface area (Å²) in [6, 6.07) is 18.0. The van der Waals surface area contributed by atoms with Gasteiger partial charge in [-0.25, -0.2) is 4.98 Å². The minimum Gasteiger partial charge on any atom is -0.255 e. The van der Waals surface area contributed by atoms with E-state index >= 15 is 0 Å². The van der Waals surface area contributed by atoms with E-state index in [1.165, 1.54) is 0 Å². The first-order chi connectivity index (χ1) is 11.7. The first-order valence-corrected chi connectivity index (χ1v) is 8.33. The van der Waals surface area contributed by atoms with Gasteiger partial charge in [-0.05, 0) is 23.6 Å². The van der Waals surface area contributed by atoms with Crippen molar-refractivity contribution < 1.29 is 0 Å². The third-order valence-corrected chi connectivity index (χ3v) is 5.04. The lowest BCUT2D eigenvalue weighted by Gasteiger charge is -2.10. The zero-order chi connectivity index (χ0) is 16.3. The number of hydrogen-bond acceptors (Lipinski definition) is 2. The van der Waals surface area contributed by atoms with Gasteiger partial charge in [0.05, 0.1) is 21.6 Å². The van der Waals surface area contributed by atoms with Crippen LogP contribution in [0.2, 0.25) is 10.0 Å². The molecule has 0 saturated carbocycles. The number of halogens is 2. The molecule has 5 rings (SSSR count). The molecule has 2 nitrogen and oxygen atoms in total. The van der Waals surface area contributed by atoms with Crippen LogP contribution in [-0.4, -0.2) is 9.97 Å². The zero-order valence-corrected chi connectivity index (χ0v) is 13.9. The van der Waals surface area contributed by atoms with Crippen molar-refractivity contribution in [1.82, 2.24) is 9.97 Å². The largest absolute Gasteiger partial charge is 0.255 e. The van der Waals surface area contributed by atoms with Gasteiger partial charge in [-0.15, -0.1) is 0 Å². The van der Waals surface area contributed by atoms with Crippen LogP contribution >= 0.6 is 23.2 Å². The van der Waals surface area contributed by atoms with Crippen molar-refractivity contribution in [2.24, 2.45) is 0 Å². The Morgan fingerprint density at radius 2 is 1.50 bits per heavy atom. The summed E-state index contributed by atoms with van der Waals surface area (Å²) in [4.78, 5) is 9.45. The summed E-state index contributed by atoms with van der Waals surface area (Å²) in [6.45, 7) is 0. The summed E-state index contributed by atoms with van der Waals surface area (Å²) in [5.41, 5.74) is 2.58. The molecule has 0 aliphatic heterocycles. The molecule has 0 bridgehead atoms. The fourth-order valence-corrected chi connectivity index (χ4v) is 3.70. The topological polar surface area (TPSA) is 25.8 Å². The van der Waals surface area contributed by atoms with Gasteiger partial charge in [0.1, 0.15) is 0 Å². The number of pyridine rings is 2. The summed E-state index contributed by atoms with van der Waals surface area (Å²) in [6.07, 6.45) is 1.78. The highest BCUT2D eigenvalue weighted by Crippen LogP contribution is 2.36. The van der Waals surface area contributed by atoms with Crippen LogP contribution in [0.4, 0.5) is 0 Å². The molecule has 0 radical (unpaired) electrons. The lowest BCUT2D eigenvalue weighted by atomic mass is 10.0. The second-order valence-electron chi connectivity index (χ2n) is 5.79. The third-order valence-electron chi connectivity index (χ3n) is 4.40. The predicted molar refractivity (Wildman–Crippen MR) is 102 cm³/mol. The third kappa shape index (κ3) is 1.90. The molecule has 114 valence electrons. The van der Waals surface area contributed by atoms with E-state index in [9.17, 15) is 0 Å². The van der Waals surface area contributed by atoms with Gasteiger partial charge in [-0.3, -0.25) is 4.98 Å². The van der Waals surface area contributed by atoms with E-state index in [-0.39, 0.29) is 0 Å². The fraction of sp³-hybridized carbons (Fsp3) is 0. The summed E-state index contributed by atoms with van der Waals surface area (Å²) in [7, 11) is 0. The van der Waals surface area contributed by atoms with E-state index in [1.807, 2.05) is 36.4 Å². The molecule has 5 aromatic rings. The van der Waals surface area contributed by atoms with E-state index in [1.54, 1.807) is 6.20 Å². The number of benzene rings is 3. The summed E-state index contributed by atoms with van der Waals surface area (Å²) in [5, 5.41) is 6.34. The number of fused-ring (bicyclic) bond motifs is 6. The van der Waals surface area contributed by atoms with Gasteiger partial charge in [0.25, 0.3) is 0 Å². The average molecular weight is 349 g/mol. The lowest BCUT2D eigenvalue weighted by molar-refractivity contribution is 1.42. The number of rotatable bonds is 0. The van der Waals surface area contributed by atoms with Gasteiger partial charge >= 0.3 is 0 Å². The Morgan fingerprint density at radius 3 is 2.42 bits per heavy atom. The number of nitrogens with zero attached hydrogens (tertiary/aromatic N) is 2. The van der Waals surface area contributed by atoms with Gasteiger partial charge in [0, 0.05) is 32.8 Å². The average Bonchev–Trinajstić information content (AvgIpc) is 2.61. The maximum atomic E-state index is 6.70. The smallest absolute Gasteiger partial charge is 0.0834 e. The molecule has 0 aliphatic carbocycles. The van der Waals surface area contributed by atoms with E-state index in [4.69, 9.17) is 28.2 Å². The number of hydrogen-bond donors (Lipinski definition) is 0. The van der Waals surface area contributed by atoms with Crippen molar-refractivity contribution in [3.63, 3.8) is 0 Å². The Hall–Kier alpha value is -2.42. The normalized spacial score (nSPS) is 11.8. The van der Waals surface area contributed by atoms with Crippen molar-refractivity contribution in [1.29, 1.82) is 0 Å². The van der Waals surface area contributed by atoms with Crippen molar-refractivity contribution in [3.05, 3.63) is 70.8 Å². The van der Waals surface area contributed by atoms with Crippen molar-refractivity contribution in [2.45, 2.75) is 0 Å². The molecular weight excluding hydrogens is 339 g/mol. The Balaban J connectivity index is 2.06. The van der Waals surface area contributed by atoms with Crippen LogP contribution in [0.1, 0.15) is 0 Å². The Morgan fingerprint density at radius 1 is 0.708 bits per heavy atom. The first-order valence-electron chi connectivity index (χ1n) is 7.57. The molecule has 0 unspecified atom stereocenters. The molecule has 3 aromatic carbocycles. The Labute approximate surface area is 147 Å². The monoisotopic (exact) mass is 348 g/mol. The van der Waals surface area contributed by atoms with Crippen LogP contribution in [0.15, 0.2) is 60.8 Å². The second kappa shape index (κ2) is 5.04. The van der Waals surface area contributed by atoms with Gasteiger partial charge in [-0.2, -0.15) is 0 Å². The maximum absolute atomic E-state index is 6.70. The van der Waals surface area contributed by atoms with Gasteiger partial charge < -0.3 is 0 Å². The maximum Gasteiger partial charge on any atom is 0.0834 e. The van der Waals surface area contributed by atoms with E-state index in [0.29, 0.717) is 10.0 Å². The molecule has 0 saturated heterocycles. The fourth-order valence-electron chi connectivity index (χ4n) is 3.24. The summed E-state index contributed by atoms with van der Waals surface area (Å²) in [5.74, 6) is 0.